The molecule has 2 rings (SSSR count). The van der Waals surface area contributed by atoms with Crippen molar-refractivity contribution in [2.45, 2.75) is 45.8 Å². The predicted octanol–water partition coefficient (Wildman–Crippen LogP) is 2.56. The summed E-state index contributed by atoms with van der Waals surface area (Å²) < 4.78 is 0. The summed E-state index contributed by atoms with van der Waals surface area (Å²) in [5.74, 6) is 0.357. The van der Waals surface area contributed by atoms with Gasteiger partial charge < -0.3 is 15.5 Å². The topological polar surface area (TPSA) is 44.4 Å². The Balaban J connectivity index is 0.00000264. The van der Waals surface area contributed by atoms with E-state index in [9.17, 15) is 4.79 Å². The molecule has 0 saturated carbocycles. The standard InChI is InChI=1S/C18H29N3O.ClH/c1-4-21(3)13-16-7-5-6-15(11-16)12-20-18(22)17-8-9-19-14(2)10-17;/h5-7,11,14,17,19H,4,8-10,12-13H2,1-3H3,(H,20,22);1H/t14-,17-;/m0./s1. The molecule has 0 spiro atoms. The van der Waals surface area contributed by atoms with E-state index in [-0.39, 0.29) is 24.2 Å². The molecule has 1 heterocycles. The Kier molecular flexibility index (Phi) is 8.59. The number of hydrogen-bond acceptors (Lipinski definition) is 3. The monoisotopic (exact) mass is 339 g/mol. The Morgan fingerprint density at radius 3 is 2.83 bits per heavy atom. The number of benzene rings is 1. The van der Waals surface area contributed by atoms with Crippen molar-refractivity contribution in [1.29, 1.82) is 0 Å². The minimum atomic E-state index is 0. The molecule has 0 aliphatic carbocycles. The van der Waals surface area contributed by atoms with Crippen molar-refractivity contribution < 1.29 is 4.79 Å². The van der Waals surface area contributed by atoms with Gasteiger partial charge in [0.25, 0.3) is 0 Å². The lowest BCUT2D eigenvalue weighted by Gasteiger charge is -2.27. The van der Waals surface area contributed by atoms with E-state index in [1.165, 1.54) is 11.1 Å². The lowest BCUT2D eigenvalue weighted by Crippen LogP contribution is -2.42. The molecule has 2 N–H and O–H groups in total. The smallest absolute Gasteiger partial charge is 0.223 e. The highest BCUT2D eigenvalue weighted by Crippen LogP contribution is 2.16. The third-order valence-electron chi connectivity index (χ3n) is 4.44. The van der Waals surface area contributed by atoms with E-state index in [0.717, 1.165) is 32.5 Å². The number of halogens is 1. The van der Waals surface area contributed by atoms with Crippen LogP contribution in [-0.2, 0) is 17.9 Å². The average molecular weight is 340 g/mol. The first-order valence-electron chi connectivity index (χ1n) is 8.36. The minimum absolute atomic E-state index is 0. The molecule has 5 heteroatoms. The summed E-state index contributed by atoms with van der Waals surface area (Å²) in [6.45, 7) is 7.86. The Labute approximate surface area is 146 Å². The van der Waals surface area contributed by atoms with Crippen LogP contribution < -0.4 is 10.6 Å². The van der Waals surface area contributed by atoms with Crippen molar-refractivity contribution >= 4 is 18.3 Å². The summed E-state index contributed by atoms with van der Waals surface area (Å²) >= 11 is 0. The van der Waals surface area contributed by atoms with E-state index < -0.39 is 0 Å². The fourth-order valence-corrected chi connectivity index (χ4v) is 2.97. The van der Waals surface area contributed by atoms with Crippen molar-refractivity contribution in [3.05, 3.63) is 35.4 Å². The lowest BCUT2D eigenvalue weighted by molar-refractivity contribution is -0.126. The van der Waals surface area contributed by atoms with Crippen LogP contribution in [0.15, 0.2) is 24.3 Å². The van der Waals surface area contributed by atoms with Gasteiger partial charge in [0.1, 0.15) is 0 Å². The number of piperidine rings is 1. The summed E-state index contributed by atoms with van der Waals surface area (Å²) in [6.07, 6.45) is 1.88. The number of rotatable bonds is 6. The summed E-state index contributed by atoms with van der Waals surface area (Å²) in [6, 6.07) is 8.94. The fraction of sp³-hybridized carbons (Fsp3) is 0.611. The maximum atomic E-state index is 12.3. The van der Waals surface area contributed by atoms with E-state index in [1.54, 1.807) is 0 Å². The molecule has 1 aromatic carbocycles. The summed E-state index contributed by atoms with van der Waals surface area (Å²) in [5.41, 5.74) is 2.48. The van der Waals surface area contributed by atoms with Crippen LogP contribution in [0.25, 0.3) is 0 Å². The third-order valence-corrected chi connectivity index (χ3v) is 4.44. The van der Waals surface area contributed by atoms with Crippen LogP contribution in [0.1, 0.15) is 37.8 Å². The van der Waals surface area contributed by atoms with Gasteiger partial charge in [0.15, 0.2) is 0 Å². The zero-order valence-electron chi connectivity index (χ0n) is 14.5. The van der Waals surface area contributed by atoms with Crippen LogP contribution in [0.2, 0.25) is 0 Å². The number of nitrogens with zero attached hydrogens (tertiary/aromatic N) is 1. The van der Waals surface area contributed by atoms with Gasteiger partial charge in [-0.05, 0) is 51.0 Å². The average Bonchev–Trinajstić information content (AvgIpc) is 2.53. The van der Waals surface area contributed by atoms with E-state index in [0.29, 0.717) is 12.6 Å². The minimum Gasteiger partial charge on any atom is -0.352 e. The first-order chi connectivity index (χ1) is 10.6. The maximum Gasteiger partial charge on any atom is 0.223 e. The van der Waals surface area contributed by atoms with Crippen LogP contribution in [0.3, 0.4) is 0 Å². The summed E-state index contributed by atoms with van der Waals surface area (Å²) in [4.78, 5) is 14.6. The Bertz CT molecular complexity index is 495. The molecular weight excluding hydrogens is 310 g/mol. The quantitative estimate of drug-likeness (QED) is 0.837. The molecule has 0 radical (unpaired) electrons. The molecule has 130 valence electrons. The zero-order valence-corrected chi connectivity index (χ0v) is 15.3. The number of carbonyl (C=O) groups is 1. The first-order valence-corrected chi connectivity index (χ1v) is 8.36. The Morgan fingerprint density at radius 2 is 2.13 bits per heavy atom. The molecule has 0 aromatic heterocycles. The van der Waals surface area contributed by atoms with Gasteiger partial charge in [-0.1, -0.05) is 31.2 Å². The second-order valence-electron chi connectivity index (χ2n) is 6.44. The SMILES string of the molecule is CCN(C)Cc1cccc(CNC(=O)[C@H]2CCN[C@@H](C)C2)c1.Cl. The van der Waals surface area contributed by atoms with E-state index in [1.807, 2.05) is 0 Å². The second kappa shape index (κ2) is 9.91. The molecule has 0 bridgehead atoms. The fourth-order valence-electron chi connectivity index (χ4n) is 2.97. The highest BCUT2D eigenvalue weighted by atomic mass is 35.5. The van der Waals surface area contributed by atoms with Gasteiger partial charge in [0, 0.05) is 25.0 Å². The Hall–Kier alpha value is -1.10. The molecule has 1 aliphatic rings. The van der Waals surface area contributed by atoms with Gasteiger partial charge in [-0.25, -0.2) is 0 Å². The van der Waals surface area contributed by atoms with Crippen molar-refractivity contribution in [3.8, 4) is 0 Å². The van der Waals surface area contributed by atoms with Gasteiger partial charge in [-0.3, -0.25) is 4.79 Å². The number of carbonyl (C=O) groups excluding carboxylic acids is 1. The zero-order chi connectivity index (χ0) is 15.9. The van der Waals surface area contributed by atoms with Gasteiger partial charge in [-0.2, -0.15) is 0 Å². The number of amides is 1. The van der Waals surface area contributed by atoms with Gasteiger partial charge in [-0.15, -0.1) is 12.4 Å². The Morgan fingerprint density at radius 1 is 1.39 bits per heavy atom. The van der Waals surface area contributed by atoms with Crippen molar-refractivity contribution in [2.75, 3.05) is 20.1 Å². The number of nitrogens with one attached hydrogen (secondary N) is 2. The van der Waals surface area contributed by atoms with E-state index >= 15 is 0 Å². The lowest BCUT2D eigenvalue weighted by atomic mass is 9.92. The van der Waals surface area contributed by atoms with Crippen LogP contribution in [0.5, 0.6) is 0 Å². The van der Waals surface area contributed by atoms with Crippen LogP contribution in [0.4, 0.5) is 0 Å². The first kappa shape index (κ1) is 19.9. The van der Waals surface area contributed by atoms with Crippen molar-refractivity contribution in [2.24, 2.45) is 5.92 Å². The summed E-state index contributed by atoms with van der Waals surface area (Å²) in [5, 5.41) is 6.49. The molecule has 1 saturated heterocycles. The van der Waals surface area contributed by atoms with Crippen LogP contribution in [-0.4, -0.2) is 37.0 Å². The second-order valence-corrected chi connectivity index (χ2v) is 6.44. The molecule has 2 atom stereocenters. The molecular formula is C18H30ClN3O. The van der Waals surface area contributed by atoms with Crippen molar-refractivity contribution in [1.82, 2.24) is 15.5 Å². The number of hydrogen-bond donors (Lipinski definition) is 2. The van der Waals surface area contributed by atoms with Crippen LogP contribution >= 0.6 is 12.4 Å². The molecule has 1 fully saturated rings. The molecule has 1 amide bonds. The molecule has 4 nitrogen and oxygen atoms in total. The van der Waals surface area contributed by atoms with Gasteiger partial charge >= 0.3 is 0 Å². The highest BCUT2D eigenvalue weighted by Gasteiger charge is 2.24. The van der Waals surface area contributed by atoms with Gasteiger partial charge in [0.2, 0.25) is 5.91 Å². The molecule has 1 aliphatic heterocycles. The highest BCUT2D eigenvalue weighted by molar-refractivity contribution is 5.85. The maximum absolute atomic E-state index is 12.3. The van der Waals surface area contributed by atoms with E-state index in [4.69, 9.17) is 0 Å². The largest absolute Gasteiger partial charge is 0.352 e. The normalized spacial score (nSPS) is 20.9. The third kappa shape index (κ3) is 6.50. The molecule has 0 unspecified atom stereocenters. The van der Waals surface area contributed by atoms with Crippen molar-refractivity contribution in [3.63, 3.8) is 0 Å². The predicted molar refractivity (Wildman–Crippen MR) is 97.7 cm³/mol. The van der Waals surface area contributed by atoms with Gasteiger partial charge in [0.05, 0.1) is 0 Å². The summed E-state index contributed by atoms with van der Waals surface area (Å²) in [7, 11) is 2.12. The van der Waals surface area contributed by atoms with Crippen LogP contribution in [0, 0.1) is 5.92 Å². The molecule has 1 aromatic rings. The van der Waals surface area contributed by atoms with E-state index in [2.05, 4.69) is 60.7 Å². The molecule has 23 heavy (non-hydrogen) atoms.